The van der Waals surface area contributed by atoms with Crippen molar-refractivity contribution in [3.05, 3.63) is 23.5 Å². The Morgan fingerprint density at radius 3 is 2.38 bits per heavy atom. The maximum atomic E-state index is 12.3. The Labute approximate surface area is 86.1 Å². The van der Waals surface area contributed by atoms with E-state index < -0.39 is 29.7 Å². The quantitative estimate of drug-likeness (QED) is 0.744. The van der Waals surface area contributed by atoms with E-state index in [0.717, 1.165) is 0 Å². The highest BCUT2D eigenvalue weighted by molar-refractivity contribution is 5.47. The van der Waals surface area contributed by atoms with E-state index in [9.17, 15) is 22.0 Å². The number of nitrogens with zero attached hydrogens (tertiary/aromatic N) is 2. The molecule has 0 amide bonds. The second-order valence-electron chi connectivity index (χ2n) is 2.56. The van der Waals surface area contributed by atoms with Crippen LogP contribution in [0.1, 0.15) is 17.6 Å². The molecule has 0 atom stereocenters. The van der Waals surface area contributed by atoms with Gasteiger partial charge in [-0.15, -0.1) is 13.2 Å². The molecule has 86 valence electrons. The molecule has 0 spiro atoms. The van der Waals surface area contributed by atoms with Gasteiger partial charge in [0.05, 0.1) is 11.8 Å². The zero-order valence-electron chi connectivity index (χ0n) is 7.42. The van der Waals surface area contributed by atoms with Crippen LogP contribution in [-0.4, -0.2) is 11.3 Å². The molecule has 0 saturated heterocycles. The molecule has 0 N–H and O–H groups in total. The molecule has 16 heavy (non-hydrogen) atoms. The van der Waals surface area contributed by atoms with Crippen molar-refractivity contribution in [1.82, 2.24) is 4.98 Å². The minimum Gasteiger partial charge on any atom is -0.403 e. The van der Waals surface area contributed by atoms with Crippen molar-refractivity contribution in [3.63, 3.8) is 0 Å². The average molecular weight is 238 g/mol. The summed E-state index contributed by atoms with van der Waals surface area (Å²) in [4.78, 5) is 3.14. The van der Waals surface area contributed by atoms with Gasteiger partial charge in [0.1, 0.15) is 11.6 Å². The molecule has 1 heterocycles. The molecular weight excluding hydrogens is 235 g/mol. The Hall–Kier alpha value is -1.91. The second-order valence-corrected chi connectivity index (χ2v) is 2.56. The average Bonchev–Trinajstić information content (AvgIpc) is 2.14. The van der Waals surface area contributed by atoms with Gasteiger partial charge in [-0.3, -0.25) is 4.98 Å². The summed E-state index contributed by atoms with van der Waals surface area (Å²) in [7, 11) is 0. The highest BCUT2D eigenvalue weighted by atomic mass is 19.4. The smallest absolute Gasteiger partial charge is 0.403 e. The minimum atomic E-state index is -5.06. The third-order valence-corrected chi connectivity index (χ3v) is 1.51. The molecule has 1 rings (SSSR count). The standard InChI is InChI=1S/C8H3F5N2O/c9-7(10)5-2-15-3-6(4(5)1-14)16-8(11,12)13/h2-3,7H. The van der Waals surface area contributed by atoms with E-state index in [1.54, 1.807) is 0 Å². The molecule has 0 aromatic carbocycles. The van der Waals surface area contributed by atoms with Crippen molar-refractivity contribution in [3.8, 4) is 11.8 Å². The lowest BCUT2D eigenvalue weighted by atomic mass is 10.1. The molecule has 1 aromatic rings. The van der Waals surface area contributed by atoms with Crippen LogP contribution in [0.4, 0.5) is 22.0 Å². The number of halogens is 5. The first-order chi connectivity index (χ1) is 7.35. The van der Waals surface area contributed by atoms with Gasteiger partial charge in [0.15, 0.2) is 5.75 Å². The molecule has 0 saturated carbocycles. The monoisotopic (exact) mass is 238 g/mol. The minimum absolute atomic E-state index is 0.553. The van der Waals surface area contributed by atoms with Gasteiger partial charge >= 0.3 is 6.36 Å². The van der Waals surface area contributed by atoms with Crippen LogP contribution in [-0.2, 0) is 0 Å². The Morgan fingerprint density at radius 1 is 1.31 bits per heavy atom. The molecule has 0 unspecified atom stereocenters. The highest BCUT2D eigenvalue weighted by Crippen LogP contribution is 2.31. The zero-order chi connectivity index (χ0) is 12.3. The Bertz CT molecular complexity index is 423. The largest absolute Gasteiger partial charge is 0.573 e. The van der Waals surface area contributed by atoms with E-state index in [4.69, 9.17) is 5.26 Å². The summed E-state index contributed by atoms with van der Waals surface area (Å²) in [5.74, 6) is -1.03. The van der Waals surface area contributed by atoms with Crippen molar-refractivity contribution >= 4 is 0 Å². The molecule has 3 nitrogen and oxygen atoms in total. The maximum Gasteiger partial charge on any atom is 0.573 e. The topological polar surface area (TPSA) is 45.9 Å². The maximum absolute atomic E-state index is 12.3. The van der Waals surface area contributed by atoms with Crippen molar-refractivity contribution in [2.24, 2.45) is 0 Å². The van der Waals surface area contributed by atoms with Gasteiger partial charge in [0.25, 0.3) is 6.43 Å². The molecule has 0 aliphatic heterocycles. The van der Waals surface area contributed by atoms with Gasteiger partial charge in [0.2, 0.25) is 0 Å². The predicted octanol–water partition coefficient (Wildman–Crippen LogP) is 2.79. The first-order valence-electron chi connectivity index (χ1n) is 3.77. The van der Waals surface area contributed by atoms with Crippen LogP contribution in [0.3, 0.4) is 0 Å². The van der Waals surface area contributed by atoms with Gasteiger partial charge in [-0.2, -0.15) is 5.26 Å². The lowest BCUT2D eigenvalue weighted by Crippen LogP contribution is -2.18. The van der Waals surface area contributed by atoms with Crippen LogP contribution >= 0.6 is 0 Å². The molecule has 1 aromatic heterocycles. The first-order valence-corrected chi connectivity index (χ1v) is 3.77. The summed E-state index contributed by atoms with van der Waals surface area (Å²) in [5.41, 5.74) is -1.77. The van der Waals surface area contributed by atoms with Crippen molar-refractivity contribution in [1.29, 1.82) is 5.26 Å². The third-order valence-electron chi connectivity index (χ3n) is 1.51. The van der Waals surface area contributed by atoms with Crippen LogP contribution in [0, 0.1) is 11.3 Å². The Balaban J connectivity index is 3.21. The fraction of sp³-hybridized carbons (Fsp3) is 0.250. The van der Waals surface area contributed by atoms with Crippen LogP contribution in [0.2, 0.25) is 0 Å². The Kier molecular flexibility index (Phi) is 3.27. The fourth-order valence-electron chi connectivity index (χ4n) is 0.944. The number of pyridine rings is 1. The lowest BCUT2D eigenvalue weighted by molar-refractivity contribution is -0.274. The van der Waals surface area contributed by atoms with Crippen LogP contribution in [0.5, 0.6) is 5.75 Å². The van der Waals surface area contributed by atoms with E-state index in [-0.39, 0.29) is 0 Å². The third kappa shape index (κ3) is 2.79. The summed E-state index contributed by atoms with van der Waals surface area (Å²) in [6, 6.07) is 1.22. The van der Waals surface area contributed by atoms with Crippen LogP contribution in [0.15, 0.2) is 12.4 Å². The van der Waals surface area contributed by atoms with Crippen LogP contribution < -0.4 is 4.74 Å². The number of rotatable bonds is 2. The Morgan fingerprint density at radius 2 is 1.94 bits per heavy atom. The summed E-state index contributed by atoms with van der Waals surface area (Å²) in [5, 5.41) is 8.49. The van der Waals surface area contributed by atoms with Gasteiger partial charge in [0, 0.05) is 6.20 Å². The fourth-order valence-corrected chi connectivity index (χ4v) is 0.944. The zero-order valence-corrected chi connectivity index (χ0v) is 7.42. The molecule has 0 fully saturated rings. The highest BCUT2D eigenvalue weighted by Gasteiger charge is 2.33. The van der Waals surface area contributed by atoms with Gasteiger partial charge in [-0.1, -0.05) is 0 Å². The van der Waals surface area contributed by atoms with E-state index in [1.165, 1.54) is 6.07 Å². The first kappa shape index (κ1) is 12.2. The summed E-state index contributed by atoms with van der Waals surface area (Å²) < 4.78 is 63.5. The lowest BCUT2D eigenvalue weighted by Gasteiger charge is -2.11. The number of nitriles is 1. The predicted molar refractivity (Wildman–Crippen MR) is 40.6 cm³/mol. The molecule has 0 bridgehead atoms. The van der Waals surface area contributed by atoms with E-state index >= 15 is 0 Å². The molecule has 0 aliphatic carbocycles. The number of aromatic nitrogens is 1. The molecule has 8 heteroatoms. The number of alkyl halides is 5. The van der Waals surface area contributed by atoms with Crippen molar-refractivity contribution in [2.45, 2.75) is 12.8 Å². The SMILES string of the molecule is N#Cc1c(OC(F)(F)F)cncc1C(F)F. The number of hydrogen-bond acceptors (Lipinski definition) is 3. The summed E-state index contributed by atoms with van der Waals surface area (Å²) in [6.45, 7) is 0. The number of hydrogen-bond donors (Lipinski definition) is 0. The van der Waals surface area contributed by atoms with Crippen molar-refractivity contribution in [2.75, 3.05) is 0 Å². The summed E-state index contributed by atoms with van der Waals surface area (Å²) in [6.07, 6.45) is -6.99. The van der Waals surface area contributed by atoms with E-state index in [0.29, 0.717) is 12.4 Å². The van der Waals surface area contributed by atoms with E-state index in [2.05, 4.69) is 9.72 Å². The second kappa shape index (κ2) is 4.30. The number of ether oxygens (including phenoxy) is 1. The van der Waals surface area contributed by atoms with Gasteiger partial charge in [-0.05, 0) is 0 Å². The van der Waals surface area contributed by atoms with Crippen LogP contribution in [0.25, 0.3) is 0 Å². The van der Waals surface area contributed by atoms with E-state index in [1.807, 2.05) is 0 Å². The summed E-state index contributed by atoms with van der Waals surface area (Å²) >= 11 is 0. The molecule has 0 aliphatic rings. The molecular formula is C8H3F5N2O. The van der Waals surface area contributed by atoms with Gasteiger partial charge < -0.3 is 4.74 Å². The normalized spacial score (nSPS) is 11.3. The van der Waals surface area contributed by atoms with Gasteiger partial charge in [-0.25, -0.2) is 8.78 Å². The van der Waals surface area contributed by atoms with Crippen molar-refractivity contribution < 1.29 is 26.7 Å². The molecule has 0 radical (unpaired) electrons.